The zero-order valence-electron chi connectivity index (χ0n) is 16.5. The number of nitrogens with one attached hydrogen (secondary N) is 2. The largest absolute Gasteiger partial charge is 0.463 e. The molecule has 0 unspecified atom stereocenters. The predicted octanol–water partition coefficient (Wildman–Crippen LogP) is 1.94. The van der Waals surface area contributed by atoms with Crippen LogP contribution in [0.15, 0.2) is 50.4 Å². The van der Waals surface area contributed by atoms with Gasteiger partial charge in [0, 0.05) is 25.9 Å². The number of aromatic amines is 1. The molecular formula is C20H20F3N3O5. The number of nitrogens with zero attached hydrogens (tertiary/aromatic N) is 1. The van der Waals surface area contributed by atoms with Crippen molar-refractivity contribution in [2.75, 3.05) is 6.54 Å². The monoisotopic (exact) mass is 439 g/mol. The van der Waals surface area contributed by atoms with Crippen LogP contribution in [0.1, 0.15) is 24.4 Å². The summed E-state index contributed by atoms with van der Waals surface area (Å²) in [7, 11) is 0. The van der Waals surface area contributed by atoms with Crippen molar-refractivity contribution in [3.63, 3.8) is 0 Å². The number of fused-ring (bicyclic) bond motifs is 1. The summed E-state index contributed by atoms with van der Waals surface area (Å²) in [5.41, 5.74) is -4.17. The third kappa shape index (κ3) is 4.55. The summed E-state index contributed by atoms with van der Waals surface area (Å²) in [5, 5.41) is 12.8. The topological polar surface area (TPSA) is 117 Å². The number of halogens is 3. The van der Waals surface area contributed by atoms with Gasteiger partial charge in [-0.1, -0.05) is 12.1 Å². The molecule has 0 spiro atoms. The number of para-hydroxylation sites is 1. The lowest BCUT2D eigenvalue weighted by Gasteiger charge is -2.28. The molecule has 2 aromatic heterocycles. The van der Waals surface area contributed by atoms with Crippen LogP contribution in [-0.4, -0.2) is 33.3 Å². The van der Waals surface area contributed by atoms with Crippen LogP contribution in [0.4, 0.5) is 13.2 Å². The molecular weight excluding hydrogens is 419 g/mol. The Hall–Kier alpha value is -3.34. The highest BCUT2D eigenvalue weighted by Gasteiger charge is 2.56. The van der Waals surface area contributed by atoms with Gasteiger partial charge in [0.15, 0.2) is 0 Å². The number of H-pyrrole nitrogens is 1. The van der Waals surface area contributed by atoms with Crippen molar-refractivity contribution >= 4 is 16.8 Å². The minimum atomic E-state index is -5.01. The second kappa shape index (κ2) is 8.42. The third-order valence-electron chi connectivity index (χ3n) is 4.89. The molecule has 0 aliphatic heterocycles. The molecule has 166 valence electrons. The number of alkyl halides is 3. The summed E-state index contributed by atoms with van der Waals surface area (Å²) in [6.45, 7) is 0.878. The standard InChI is InChI=1S/C20H20F3N3O5/c1-12-6-7-15(31-12)19(30,20(21,22)23)9-10-24-16(27)8-11-26-14-5-3-2-4-13(14)17(28)25-18(26)29/h2-7,30H,8-11H2,1H3,(H,24,27)(H,25,28,29)/t19-/m0/s1. The minimum Gasteiger partial charge on any atom is -0.463 e. The van der Waals surface area contributed by atoms with Gasteiger partial charge in [-0.2, -0.15) is 13.2 Å². The van der Waals surface area contributed by atoms with E-state index in [0.29, 0.717) is 5.52 Å². The number of rotatable bonds is 7. The Morgan fingerprint density at radius 1 is 1.19 bits per heavy atom. The number of carbonyl (C=O) groups excluding carboxylic acids is 1. The van der Waals surface area contributed by atoms with Gasteiger partial charge < -0.3 is 14.8 Å². The van der Waals surface area contributed by atoms with Crippen LogP contribution in [0.3, 0.4) is 0 Å². The van der Waals surface area contributed by atoms with E-state index in [1.807, 2.05) is 0 Å². The normalized spacial score (nSPS) is 13.8. The first-order chi connectivity index (χ1) is 14.5. The fourth-order valence-corrected chi connectivity index (χ4v) is 3.21. The molecule has 3 rings (SSSR count). The fourth-order valence-electron chi connectivity index (χ4n) is 3.21. The number of aliphatic hydroxyl groups is 1. The lowest BCUT2D eigenvalue weighted by molar-refractivity contribution is -0.274. The van der Waals surface area contributed by atoms with Crippen molar-refractivity contribution in [2.45, 2.75) is 38.1 Å². The molecule has 0 aliphatic rings. The highest BCUT2D eigenvalue weighted by atomic mass is 19.4. The molecule has 3 aromatic rings. The van der Waals surface area contributed by atoms with Gasteiger partial charge in [-0.25, -0.2) is 4.79 Å². The van der Waals surface area contributed by atoms with Gasteiger partial charge in [-0.3, -0.25) is 19.1 Å². The van der Waals surface area contributed by atoms with Crippen molar-refractivity contribution in [3.8, 4) is 0 Å². The molecule has 1 atom stereocenters. The van der Waals surface area contributed by atoms with E-state index in [0.717, 1.165) is 6.07 Å². The quantitative estimate of drug-likeness (QED) is 0.520. The molecule has 0 fully saturated rings. The molecule has 0 bridgehead atoms. The Morgan fingerprint density at radius 3 is 2.55 bits per heavy atom. The second-order valence-corrected chi connectivity index (χ2v) is 7.05. The van der Waals surface area contributed by atoms with Gasteiger partial charge in [0.05, 0.1) is 10.9 Å². The maximum atomic E-state index is 13.4. The Balaban J connectivity index is 1.65. The van der Waals surface area contributed by atoms with Gasteiger partial charge in [0.2, 0.25) is 11.5 Å². The van der Waals surface area contributed by atoms with Crippen molar-refractivity contribution < 1.29 is 27.5 Å². The van der Waals surface area contributed by atoms with Crippen LogP contribution in [-0.2, 0) is 16.9 Å². The molecule has 3 N–H and O–H groups in total. The van der Waals surface area contributed by atoms with E-state index in [1.165, 1.54) is 23.6 Å². The van der Waals surface area contributed by atoms with Crippen molar-refractivity contribution in [1.82, 2.24) is 14.9 Å². The Labute approximate surface area is 173 Å². The number of amides is 1. The van der Waals surface area contributed by atoms with E-state index >= 15 is 0 Å². The first-order valence-corrected chi connectivity index (χ1v) is 9.37. The number of furan rings is 1. The number of aryl methyl sites for hydroxylation is 2. The van der Waals surface area contributed by atoms with Gasteiger partial charge in [0.25, 0.3) is 5.56 Å². The molecule has 8 nitrogen and oxygen atoms in total. The molecule has 1 amide bonds. The van der Waals surface area contributed by atoms with Crippen molar-refractivity contribution in [3.05, 3.63) is 68.8 Å². The van der Waals surface area contributed by atoms with Gasteiger partial charge >= 0.3 is 11.9 Å². The number of hydrogen-bond donors (Lipinski definition) is 3. The zero-order valence-corrected chi connectivity index (χ0v) is 16.5. The van der Waals surface area contributed by atoms with Gasteiger partial charge in [-0.15, -0.1) is 0 Å². The van der Waals surface area contributed by atoms with Crippen LogP contribution in [0.2, 0.25) is 0 Å². The van der Waals surface area contributed by atoms with Gasteiger partial charge in [0.1, 0.15) is 11.5 Å². The van der Waals surface area contributed by atoms with Crippen molar-refractivity contribution in [2.24, 2.45) is 0 Å². The number of benzene rings is 1. The number of aromatic nitrogens is 2. The predicted molar refractivity (Wildman–Crippen MR) is 104 cm³/mol. The first-order valence-electron chi connectivity index (χ1n) is 9.37. The average Bonchev–Trinajstić information content (AvgIpc) is 3.13. The Bertz CT molecular complexity index is 1210. The third-order valence-corrected chi connectivity index (χ3v) is 4.89. The molecule has 2 heterocycles. The van der Waals surface area contributed by atoms with E-state index in [4.69, 9.17) is 4.42 Å². The fraction of sp³-hybridized carbons (Fsp3) is 0.350. The van der Waals surface area contributed by atoms with Crippen LogP contribution >= 0.6 is 0 Å². The molecule has 0 radical (unpaired) electrons. The maximum Gasteiger partial charge on any atom is 0.424 e. The SMILES string of the molecule is Cc1ccc([C@@](O)(CCNC(=O)CCn2c(=O)[nH]c(=O)c3ccccc32)C(F)(F)F)o1. The minimum absolute atomic E-state index is 0.0944. The summed E-state index contributed by atoms with van der Waals surface area (Å²) in [6, 6.07) is 8.68. The highest BCUT2D eigenvalue weighted by Crippen LogP contribution is 2.42. The van der Waals surface area contributed by atoms with Crippen LogP contribution in [0.5, 0.6) is 0 Å². The lowest BCUT2D eigenvalue weighted by Crippen LogP contribution is -2.44. The van der Waals surface area contributed by atoms with Crippen molar-refractivity contribution in [1.29, 1.82) is 0 Å². The molecule has 11 heteroatoms. The van der Waals surface area contributed by atoms with Crippen LogP contribution in [0, 0.1) is 6.92 Å². The molecule has 0 aliphatic carbocycles. The second-order valence-electron chi connectivity index (χ2n) is 7.05. The van der Waals surface area contributed by atoms with E-state index < -0.39 is 47.7 Å². The molecule has 0 saturated carbocycles. The van der Waals surface area contributed by atoms with E-state index in [9.17, 15) is 32.7 Å². The highest BCUT2D eigenvalue weighted by molar-refractivity contribution is 5.78. The lowest BCUT2D eigenvalue weighted by atomic mass is 9.95. The summed E-state index contributed by atoms with van der Waals surface area (Å²) in [5.74, 6) is -1.07. The zero-order chi connectivity index (χ0) is 22.8. The first kappa shape index (κ1) is 22.3. The number of carbonyl (C=O) groups is 1. The Morgan fingerprint density at radius 2 is 1.90 bits per heavy atom. The molecule has 31 heavy (non-hydrogen) atoms. The van der Waals surface area contributed by atoms with E-state index in [2.05, 4.69) is 10.3 Å². The Kier molecular flexibility index (Phi) is 6.07. The molecule has 0 saturated heterocycles. The maximum absolute atomic E-state index is 13.4. The summed E-state index contributed by atoms with van der Waals surface area (Å²) < 4.78 is 46.4. The molecule has 1 aromatic carbocycles. The number of hydrogen-bond acceptors (Lipinski definition) is 5. The summed E-state index contributed by atoms with van der Waals surface area (Å²) in [4.78, 5) is 38.2. The van der Waals surface area contributed by atoms with E-state index in [1.54, 1.807) is 18.2 Å². The average molecular weight is 439 g/mol. The summed E-state index contributed by atoms with van der Waals surface area (Å²) >= 11 is 0. The van der Waals surface area contributed by atoms with Crippen LogP contribution in [0.25, 0.3) is 10.9 Å². The van der Waals surface area contributed by atoms with Gasteiger partial charge in [-0.05, 0) is 31.2 Å². The van der Waals surface area contributed by atoms with E-state index in [-0.39, 0.29) is 24.1 Å². The summed E-state index contributed by atoms with van der Waals surface area (Å²) in [6.07, 6.45) is -6.08. The smallest absolute Gasteiger partial charge is 0.424 e. The van der Waals surface area contributed by atoms with Crippen LogP contribution < -0.4 is 16.6 Å².